The van der Waals surface area contributed by atoms with Crippen LogP contribution in [-0.4, -0.2) is 44.2 Å². The van der Waals surface area contributed by atoms with Crippen molar-refractivity contribution < 1.29 is 8.42 Å². The molecule has 0 spiro atoms. The minimum absolute atomic E-state index is 0.0619. The molecule has 4 nitrogen and oxygen atoms in total. The maximum absolute atomic E-state index is 11.9. The molecule has 1 aliphatic rings. The molecule has 0 aliphatic carbocycles. The normalized spacial score (nSPS) is 22.9. The number of nitrogens with one attached hydrogen (secondary N) is 1. The summed E-state index contributed by atoms with van der Waals surface area (Å²) >= 11 is 0. The van der Waals surface area contributed by atoms with Crippen molar-refractivity contribution in [2.75, 3.05) is 25.4 Å². The van der Waals surface area contributed by atoms with Crippen LogP contribution in [-0.2, 0) is 10.0 Å². The number of rotatable bonds is 5. The van der Waals surface area contributed by atoms with Gasteiger partial charge in [-0.1, -0.05) is 0 Å². The predicted octanol–water partition coefficient (Wildman–Crippen LogP) is 1.05. The van der Waals surface area contributed by atoms with Gasteiger partial charge < -0.3 is 5.32 Å². The molecule has 0 bridgehead atoms. The Morgan fingerprint density at radius 1 is 1.44 bits per heavy atom. The molecule has 0 aromatic rings. The van der Waals surface area contributed by atoms with Crippen LogP contribution in [0.3, 0.4) is 0 Å². The number of nitrogens with zero attached hydrogens (tertiary/aromatic N) is 1. The molecule has 0 saturated carbocycles. The largest absolute Gasteiger partial charge is 0.316 e. The van der Waals surface area contributed by atoms with E-state index in [4.69, 9.17) is 0 Å². The van der Waals surface area contributed by atoms with Gasteiger partial charge in [0.15, 0.2) is 0 Å². The van der Waals surface area contributed by atoms with Gasteiger partial charge in [-0.15, -0.1) is 0 Å². The van der Waals surface area contributed by atoms with E-state index in [1.165, 1.54) is 0 Å². The number of piperidine rings is 1. The van der Waals surface area contributed by atoms with E-state index in [-0.39, 0.29) is 11.8 Å². The molecule has 0 amide bonds. The van der Waals surface area contributed by atoms with E-state index in [0.717, 1.165) is 25.9 Å². The van der Waals surface area contributed by atoms with Crippen molar-refractivity contribution in [2.45, 2.75) is 39.7 Å². The molecule has 0 aromatic heterocycles. The molecule has 16 heavy (non-hydrogen) atoms. The van der Waals surface area contributed by atoms with Crippen LogP contribution in [0.1, 0.15) is 33.6 Å². The van der Waals surface area contributed by atoms with Gasteiger partial charge in [-0.3, -0.25) is 0 Å². The molecule has 1 heterocycles. The average molecular weight is 248 g/mol. The first-order valence-corrected chi connectivity index (χ1v) is 7.78. The van der Waals surface area contributed by atoms with Crippen molar-refractivity contribution in [1.29, 1.82) is 0 Å². The lowest BCUT2D eigenvalue weighted by atomic mass is 9.99. The van der Waals surface area contributed by atoms with Gasteiger partial charge in [0.1, 0.15) is 0 Å². The SMILES string of the molecule is CCS(=O)(=O)N(CC1CCCNC1)C(C)C. The summed E-state index contributed by atoms with van der Waals surface area (Å²) in [7, 11) is -3.05. The Morgan fingerprint density at radius 2 is 2.12 bits per heavy atom. The Balaban J connectivity index is 2.64. The van der Waals surface area contributed by atoms with E-state index >= 15 is 0 Å². The summed E-state index contributed by atoms with van der Waals surface area (Å²) < 4.78 is 25.5. The lowest BCUT2D eigenvalue weighted by molar-refractivity contribution is 0.264. The van der Waals surface area contributed by atoms with Gasteiger partial charge >= 0.3 is 0 Å². The van der Waals surface area contributed by atoms with Gasteiger partial charge in [0.05, 0.1) is 5.75 Å². The molecule has 1 aliphatic heterocycles. The van der Waals surface area contributed by atoms with Crippen molar-refractivity contribution in [3.8, 4) is 0 Å². The molecule has 96 valence electrons. The average Bonchev–Trinajstić information content (AvgIpc) is 2.26. The highest BCUT2D eigenvalue weighted by atomic mass is 32.2. The second-order valence-corrected chi connectivity index (χ2v) is 6.99. The molecule has 1 N–H and O–H groups in total. The fourth-order valence-corrected chi connectivity index (χ4v) is 3.56. The summed E-state index contributed by atoms with van der Waals surface area (Å²) in [6, 6.07) is 0.0619. The zero-order chi connectivity index (χ0) is 12.2. The monoisotopic (exact) mass is 248 g/mol. The maximum atomic E-state index is 11.9. The van der Waals surface area contributed by atoms with Gasteiger partial charge in [0, 0.05) is 12.6 Å². The highest BCUT2D eigenvalue weighted by Crippen LogP contribution is 2.16. The second-order valence-electron chi connectivity index (χ2n) is 4.78. The Bertz CT molecular complexity index is 295. The minimum Gasteiger partial charge on any atom is -0.316 e. The van der Waals surface area contributed by atoms with Gasteiger partial charge in [0.25, 0.3) is 0 Å². The number of sulfonamides is 1. The first-order valence-electron chi connectivity index (χ1n) is 6.17. The first-order chi connectivity index (χ1) is 7.47. The van der Waals surface area contributed by atoms with Crippen LogP contribution in [0.25, 0.3) is 0 Å². The lowest BCUT2D eigenvalue weighted by Crippen LogP contribution is -2.44. The standard InChI is InChI=1S/C11H24N2O2S/c1-4-16(14,15)13(10(2)3)9-11-6-5-7-12-8-11/h10-12H,4-9H2,1-3H3. The molecule has 5 heteroatoms. The molecular formula is C11H24N2O2S. The van der Waals surface area contributed by atoms with Crippen molar-refractivity contribution >= 4 is 10.0 Å². The van der Waals surface area contributed by atoms with Crippen molar-refractivity contribution in [3.05, 3.63) is 0 Å². The second kappa shape index (κ2) is 5.98. The highest BCUT2D eigenvalue weighted by Gasteiger charge is 2.26. The zero-order valence-electron chi connectivity index (χ0n) is 10.6. The molecule has 1 rings (SSSR count). The molecule has 1 fully saturated rings. The summed E-state index contributed by atoms with van der Waals surface area (Å²) in [5.41, 5.74) is 0. The molecule has 1 unspecified atom stereocenters. The van der Waals surface area contributed by atoms with Gasteiger partial charge in [-0.2, -0.15) is 4.31 Å². The van der Waals surface area contributed by atoms with Crippen LogP contribution in [0.2, 0.25) is 0 Å². The third-order valence-electron chi connectivity index (χ3n) is 3.14. The summed E-state index contributed by atoms with van der Waals surface area (Å²) in [4.78, 5) is 0. The summed E-state index contributed by atoms with van der Waals surface area (Å²) in [5, 5.41) is 3.33. The van der Waals surface area contributed by atoms with Crippen LogP contribution in [0.5, 0.6) is 0 Å². The number of hydrogen-bond acceptors (Lipinski definition) is 3. The maximum Gasteiger partial charge on any atom is 0.214 e. The Morgan fingerprint density at radius 3 is 2.56 bits per heavy atom. The van der Waals surface area contributed by atoms with Crippen molar-refractivity contribution in [1.82, 2.24) is 9.62 Å². The summed E-state index contributed by atoms with van der Waals surface area (Å²) in [6.07, 6.45) is 2.29. The third kappa shape index (κ3) is 3.71. The van der Waals surface area contributed by atoms with E-state index in [1.54, 1.807) is 11.2 Å². The first kappa shape index (κ1) is 13.9. The van der Waals surface area contributed by atoms with Crippen molar-refractivity contribution in [2.24, 2.45) is 5.92 Å². The van der Waals surface area contributed by atoms with E-state index in [9.17, 15) is 8.42 Å². The Labute approximate surface area is 99.5 Å². The van der Waals surface area contributed by atoms with Gasteiger partial charge in [0.2, 0.25) is 10.0 Å². The molecule has 1 saturated heterocycles. The van der Waals surface area contributed by atoms with Crippen LogP contribution in [0, 0.1) is 5.92 Å². The third-order valence-corrected chi connectivity index (χ3v) is 5.15. The zero-order valence-corrected chi connectivity index (χ0v) is 11.4. The Hall–Kier alpha value is -0.130. The highest BCUT2D eigenvalue weighted by molar-refractivity contribution is 7.89. The summed E-state index contributed by atoms with van der Waals surface area (Å²) in [5.74, 6) is 0.670. The van der Waals surface area contributed by atoms with E-state index in [1.807, 2.05) is 13.8 Å². The Kier molecular flexibility index (Phi) is 5.21. The van der Waals surface area contributed by atoms with Crippen molar-refractivity contribution in [3.63, 3.8) is 0 Å². The van der Waals surface area contributed by atoms with Crippen LogP contribution < -0.4 is 5.32 Å². The van der Waals surface area contributed by atoms with Gasteiger partial charge in [-0.05, 0) is 52.6 Å². The fraction of sp³-hybridized carbons (Fsp3) is 1.00. The fourth-order valence-electron chi connectivity index (χ4n) is 2.15. The van der Waals surface area contributed by atoms with Crippen LogP contribution >= 0.6 is 0 Å². The lowest BCUT2D eigenvalue weighted by Gasteiger charge is -2.31. The van der Waals surface area contributed by atoms with Crippen LogP contribution in [0.15, 0.2) is 0 Å². The quantitative estimate of drug-likeness (QED) is 0.791. The summed E-state index contributed by atoms with van der Waals surface area (Å²) in [6.45, 7) is 8.29. The molecule has 0 aromatic carbocycles. The van der Waals surface area contributed by atoms with E-state index in [2.05, 4.69) is 5.32 Å². The van der Waals surface area contributed by atoms with Crippen LogP contribution in [0.4, 0.5) is 0 Å². The van der Waals surface area contributed by atoms with E-state index in [0.29, 0.717) is 12.5 Å². The topological polar surface area (TPSA) is 49.4 Å². The number of hydrogen-bond donors (Lipinski definition) is 1. The smallest absolute Gasteiger partial charge is 0.214 e. The van der Waals surface area contributed by atoms with Gasteiger partial charge in [-0.25, -0.2) is 8.42 Å². The van der Waals surface area contributed by atoms with E-state index < -0.39 is 10.0 Å². The molecular weight excluding hydrogens is 224 g/mol. The predicted molar refractivity (Wildman–Crippen MR) is 66.9 cm³/mol. The minimum atomic E-state index is -3.05. The molecule has 1 atom stereocenters. The molecule has 0 radical (unpaired) electrons.